The molecular formula is C21H35N3O7. The van der Waals surface area contributed by atoms with Gasteiger partial charge in [-0.3, -0.25) is 9.59 Å². The molecule has 176 valence electrons. The molecule has 0 saturated carbocycles. The number of nitrogens with zero attached hydrogens (tertiary/aromatic N) is 1. The molecule has 0 radical (unpaired) electrons. The number of hydrogen-bond acceptors (Lipinski definition) is 5. The second-order valence-electron chi connectivity index (χ2n) is 7.41. The van der Waals surface area contributed by atoms with Gasteiger partial charge in [0.25, 0.3) is 0 Å². The largest absolute Gasteiger partial charge is 0.481 e. The fourth-order valence-corrected chi connectivity index (χ4v) is 3.81. The van der Waals surface area contributed by atoms with Crippen LogP contribution in [0.1, 0.15) is 50.0 Å². The topological polar surface area (TPSA) is 196 Å². The van der Waals surface area contributed by atoms with Crippen LogP contribution in [0.5, 0.6) is 0 Å². The highest BCUT2D eigenvalue weighted by Gasteiger charge is 2.36. The van der Waals surface area contributed by atoms with E-state index >= 15 is 0 Å². The Labute approximate surface area is 182 Å². The minimum absolute atomic E-state index is 0. The van der Waals surface area contributed by atoms with Gasteiger partial charge in [-0.2, -0.15) is 0 Å². The van der Waals surface area contributed by atoms with Crippen molar-refractivity contribution in [2.75, 3.05) is 19.6 Å². The standard InChI is InChI=1S/C21H31N3O5.2H2O/c22-12-5-4-9-17(19(25)24-14-6-10-18(24)21(28)29)23-13-11-16(20(26)27)15-7-2-1-3-8-15;;/h1-3,7-8,16-18,23H,4-6,9-14,22H2,(H,26,27)(H,28,29);2*1H2. The highest BCUT2D eigenvalue weighted by atomic mass is 16.4. The lowest BCUT2D eigenvalue weighted by molar-refractivity contribution is -0.149. The molecule has 9 N–H and O–H groups in total. The van der Waals surface area contributed by atoms with E-state index in [2.05, 4.69) is 5.32 Å². The van der Waals surface area contributed by atoms with Crippen molar-refractivity contribution >= 4 is 17.8 Å². The average molecular weight is 442 g/mol. The second-order valence-corrected chi connectivity index (χ2v) is 7.41. The molecule has 1 aliphatic heterocycles. The number of carbonyl (C=O) groups is 3. The van der Waals surface area contributed by atoms with Crippen molar-refractivity contribution in [2.45, 2.75) is 56.5 Å². The van der Waals surface area contributed by atoms with Crippen LogP contribution in [-0.2, 0) is 14.4 Å². The van der Waals surface area contributed by atoms with Gasteiger partial charge >= 0.3 is 11.9 Å². The Balaban J connectivity index is 0.00000450. The fraction of sp³-hybridized carbons (Fsp3) is 0.571. The lowest BCUT2D eigenvalue weighted by atomic mass is 9.95. The molecule has 10 nitrogen and oxygen atoms in total. The first-order valence-electron chi connectivity index (χ1n) is 10.2. The third-order valence-corrected chi connectivity index (χ3v) is 5.39. The Morgan fingerprint density at radius 1 is 1.10 bits per heavy atom. The maximum atomic E-state index is 13.0. The zero-order chi connectivity index (χ0) is 21.2. The third-order valence-electron chi connectivity index (χ3n) is 5.39. The first-order valence-corrected chi connectivity index (χ1v) is 10.2. The van der Waals surface area contributed by atoms with Gasteiger partial charge in [-0.25, -0.2) is 4.79 Å². The lowest BCUT2D eigenvalue weighted by Gasteiger charge is -2.28. The quantitative estimate of drug-likeness (QED) is 0.321. The predicted molar refractivity (Wildman–Crippen MR) is 116 cm³/mol. The van der Waals surface area contributed by atoms with E-state index in [1.165, 1.54) is 4.90 Å². The van der Waals surface area contributed by atoms with Crippen LogP contribution in [0.25, 0.3) is 0 Å². The van der Waals surface area contributed by atoms with Gasteiger partial charge in [0.05, 0.1) is 12.0 Å². The molecule has 2 rings (SSSR count). The molecule has 1 saturated heterocycles. The maximum absolute atomic E-state index is 13.0. The van der Waals surface area contributed by atoms with E-state index in [1.54, 1.807) is 24.3 Å². The Kier molecular flexibility index (Phi) is 13.3. The van der Waals surface area contributed by atoms with Gasteiger partial charge in [0, 0.05) is 6.54 Å². The predicted octanol–water partition coefficient (Wildman–Crippen LogP) is -0.242. The van der Waals surface area contributed by atoms with Gasteiger partial charge in [0.2, 0.25) is 5.91 Å². The van der Waals surface area contributed by atoms with Crippen LogP contribution in [0.15, 0.2) is 30.3 Å². The van der Waals surface area contributed by atoms with Crippen LogP contribution < -0.4 is 11.1 Å². The van der Waals surface area contributed by atoms with Crippen molar-refractivity contribution in [3.8, 4) is 0 Å². The molecule has 0 bridgehead atoms. The Morgan fingerprint density at radius 2 is 1.77 bits per heavy atom. The highest BCUT2D eigenvalue weighted by Crippen LogP contribution is 2.21. The number of nitrogens with two attached hydrogens (primary N) is 1. The number of aliphatic carboxylic acids is 2. The van der Waals surface area contributed by atoms with E-state index in [0.717, 1.165) is 18.4 Å². The van der Waals surface area contributed by atoms with Crippen LogP contribution in [0, 0.1) is 0 Å². The summed E-state index contributed by atoms with van der Waals surface area (Å²) >= 11 is 0. The summed E-state index contributed by atoms with van der Waals surface area (Å²) in [5.74, 6) is -2.78. The van der Waals surface area contributed by atoms with Gasteiger partial charge in [-0.1, -0.05) is 36.8 Å². The molecule has 31 heavy (non-hydrogen) atoms. The van der Waals surface area contributed by atoms with Crippen LogP contribution in [-0.4, -0.2) is 75.6 Å². The van der Waals surface area contributed by atoms with Gasteiger partial charge in [0.1, 0.15) is 6.04 Å². The molecular weight excluding hydrogens is 406 g/mol. The summed E-state index contributed by atoms with van der Waals surface area (Å²) in [5, 5.41) is 22.1. The molecule has 1 amide bonds. The van der Waals surface area contributed by atoms with Crippen LogP contribution in [0.4, 0.5) is 0 Å². The summed E-state index contributed by atoms with van der Waals surface area (Å²) in [7, 11) is 0. The summed E-state index contributed by atoms with van der Waals surface area (Å²) in [4.78, 5) is 37.5. The van der Waals surface area contributed by atoms with Crippen molar-refractivity contribution in [3.05, 3.63) is 35.9 Å². The number of amides is 1. The number of rotatable bonds is 12. The van der Waals surface area contributed by atoms with Crippen molar-refractivity contribution < 1.29 is 35.5 Å². The first kappa shape index (κ1) is 28.5. The van der Waals surface area contributed by atoms with Gasteiger partial charge in [-0.05, 0) is 50.8 Å². The van der Waals surface area contributed by atoms with Crippen molar-refractivity contribution in [1.82, 2.24) is 10.2 Å². The first-order chi connectivity index (χ1) is 14.0. The van der Waals surface area contributed by atoms with Gasteiger partial charge < -0.3 is 37.1 Å². The molecule has 3 unspecified atom stereocenters. The summed E-state index contributed by atoms with van der Waals surface area (Å²) in [5.41, 5.74) is 6.27. The highest BCUT2D eigenvalue weighted by molar-refractivity contribution is 5.87. The molecule has 0 aromatic heterocycles. The summed E-state index contributed by atoms with van der Waals surface area (Å²) in [6, 6.07) is 7.69. The molecule has 1 aromatic carbocycles. The number of nitrogens with one attached hydrogen (secondary N) is 1. The van der Waals surface area contributed by atoms with Gasteiger partial charge in [-0.15, -0.1) is 0 Å². The van der Waals surface area contributed by atoms with Crippen molar-refractivity contribution in [1.29, 1.82) is 0 Å². The van der Waals surface area contributed by atoms with E-state index in [-0.39, 0.29) is 16.9 Å². The number of benzene rings is 1. The lowest BCUT2D eigenvalue weighted by Crippen LogP contribution is -2.50. The Bertz CT molecular complexity index is 687. The molecule has 0 spiro atoms. The van der Waals surface area contributed by atoms with E-state index in [1.807, 2.05) is 6.07 Å². The van der Waals surface area contributed by atoms with E-state index in [4.69, 9.17) is 5.73 Å². The Hall–Kier alpha value is -2.53. The number of likely N-dealkylation sites (tertiary alicyclic amines) is 1. The number of hydrogen-bond donors (Lipinski definition) is 4. The molecule has 0 aliphatic carbocycles. The summed E-state index contributed by atoms with van der Waals surface area (Å²) < 4.78 is 0. The average Bonchev–Trinajstić information content (AvgIpc) is 3.20. The molecule has 1 aromatic rings. The van der Waals surface area contributed by atoms with Crippen LogP contribution in [0.3, 0.4) is 0 Å². The summed E-state index contributed by atoms with van der Waals surface area (Å²) in [6.07, 6.45) is 3.53. The minimum Gasteiger partial charge on any atom is -0.481 e. The monoisotopic (exact) mass is 441 g/mol. The smallest absolute Gasteiger partial charge is 0.326 e. The van der Waals surface area contributed by atoms with E-state index in [9.17, 15) is 24.6 Å². The number of carboxylic acids is 2. The normalized spacial score (nSPS) is 17.2. The number of carbonyl (C=O) groups excluding carboxylic acids is 1. The molecule has 1 heterocycles. The van der Waals surface area contributed by atoms with E-state index < -0.39 is 29.9 Å². The van der Waals surface area contributed by atoms with Crippen LogP contribution >= 0.6 is 0 Å². The zero-order valence-electron chi connectivity index (χ0n) is 17.6. The molecule has 3 atom stereocenters. The van der Waals surface area contributed by atoms with Gasteiger partial charge in [0.15, 0.2) is 0 Å². The minimum atomic E-state index is -0.980. The van der Waals surface area contributed by atoms with E-state index in [0.29, 0.717) is 45.3 Å². The van der Waals surface area contributed by atoms with Crippen molar-refractivity contribution in [3.63, 3.8) is 0 Å². The maximum Gasteiger partial charge on any atom is 0.326 e. The SMILES string of the molecule is NCCCCC(NCCC(C(=O)O)c1ccccc1)C(=O)N1CCCC1C(=O)O.O.O. The van der Waals surface area contributed by atoms with Crippen molar-refractivity contribution in [2.24, 2.45) is 5.73 Å². The fourth-order valence-electron chi connectivity index (χ4n) is 3.81. The number of carboxylic acid groups (broad SMARTS) is 2. The summed E-state index contributed by atoms with van der Waals surface area (Å²) in [6.45, 7) is 1.31. The Morgan fingerprint density at radius 3 is 2.35 bits per heavy atom. The molecule has 1 aliphatic rings. The molecule has 10 heteroatoms. The third kappa shape index (κ3) is 8.25. The number of unbranched alkanes of at least 4 members (excludes halogenated alkanes) is 1. The van der Waals surface area contributed by atoms with Crippen LogP contribution in [0.2, 0.25) is 0 Å². The second kappa shape index (κ2) is 14.5. The zero-order valence-corrected chi connectivity index (χ0v) is 17.6. The molecule has 1 fully saturated rings.